The lowest BCUT2D eigenvalue weighted by Gasteiger charge is -2.54. The summed E-state index contributed by atoms with van der Waals surface area (Å²) in [4.78, 5) is 15.6. The number of furan rings is 2. The highest BCUT2D eigenvalue weighted by molar-refractivity contribution is 6.10. The van der Waals surface area contributed by atoms with Crippen molar-refractivity contribution in [2.24, 2.45) is 23.7 Å². The van der Waals surface area contributed by atoms with Crippen LogP contribution in [0.25, 0.3) is 111 Å². The summed E-state index contributed by atoms with van der Waals surface area (Å²) < 4.78 is 13.1. The Morgan fingerprint density at radius 2 is 1.02 bits per heavy atom. The first kappa shape index (κ1) is 37.0. The van der Waals surface area contributed by atoms with E-state index in [1.165, 1.54) is 53.1 Å². The molecule has 0 radical (unpaired) electrons. The van der Waals surface area contributed by atoms with Crippen LogP contribution in [0.15, 0.2) is 173 Å². The van der Waals surface area contributed by atoms with Gasteiger partial charge in [-0.05, 0) is 124 Å². The average Bonchev–Trinajstić information content (AvgIpc) is 4.02. The van der Waals surface area contributed by atoms with Gasteiger partial charge in [-0.15, -0.1) is 0 Å². The van der Waals surface area contributed by atoms with Crippen molar-refractivity contribution >= 4 is 54.6 Å². The molecule has 8 aromatic carbocycles. The Morgan fingerprint density at radius 1 is 0.446 bits per heavy atom. The molecule has 3 aromatic heterocycles. The first-order chi connectivity index (χ1) is 32.0. The molecule has 5 nitrogen and oxygen atoms in total. The van der Waals surface area contributed by atoms with Crippen LogP contribution in [0.2, 0.25) is 0 Å². The summed E-state index contributed by atoms with van der Waals surface area (Å²) >= 11 is 0. The van der Waals surface area contributed by atoms with Gasteiger partial charge in [0.25, 0.3) is 0 Å². The van der Waals surface area contributed by atoms with Gasteiger partial charge in [0.2, 0.25) is 0 Å². The molecule has 5 unspecified atom stereocenters. The van der Waals surface area contributed by atoms with Gasteiger partial charge in [0.1, 0.15) is 22.3 Å². The van der Waals surface area contributed by atoms with Gasteiger partial charge in [-0.2, -0.15) is 0 Å². The summed E-state index contributed by atoms with van der Waals surface area (Å²) in [5.74, 6) is 4.51. The number of rotatable bonds is 4. The predicted octanol–water partition coefficient (Wildman–Crippen LogP) is 15.9. The van der Waals surface area contributed by atoms with Gasteiger partial charge in [0.05, 0.1) is 11.1 Å². The van der Waals surface area contributed by atoms with Crippen molar-refractivity contribution < 1.29 is 8.83 Å². The van der Waals surface area contributed by atoms with Gasteiger partial charge >= 0.3 is 0 Å². The van der Waals surface area contributed by atoms with E-state index >= 15 is 0 Å². The van der Waals surface area contributed by atoms with Gasteiger partial charge < -0.3 is 8.83 Å². The van der Waals surface area contributed by atoms with Gasteiger partial charge in [0, 0.05) is 32.5 Å². The van der Waals surface area contributed by atoms with Crippen LogP contribution in [0, 0.1) is 23.7 Å². The van der Waals surface area contributed by atoms with Crippen LogP contribution >= 0.6 is 0 Å². The summed E-state index contributed by atoms with van der Waals surface area (Å²) in [7, 11) is 0. The molecular weight excluding hydrogens is 795 g/mol. The monoisotopic (exact) mass is 839 g/mol. The molecule has 3 aliphatic carbocycles. The van der Waals surface area contributed by atoms with Crippen molar-refractivity contribution in [1.82, 2.24) is 15.0 Å². The number of aromatic nitrogens is 3. The minimum atomic E-state index is 0.0375. The zero-order chi connectivity index (χ0) is 43.0. The quantitative estimate of drug-likeness (QED) is 0.177. The maximum absolute atomic E-state index is 6.53. The average molecular weight is 840 g/mol. The molecule has 65 heavy (non-hydrogen) atoms. The maximum atomic E-state index is 6.53. The fourth-order valence-electron chi connectivity index (χ4n) is 13.1. The fraction of sp³-hybridized carbons (Fsp3) is 0.183. The zero-order valence-electron chi connectivity index (χ0n) is 36.4. The summed E-state index contributed by atoms with van der Waals surface area (Å²) in [6, 6.07) is 58.8. The Hall–Kier alpha value is -7.37. The molecule has 1 spiro atoms. The third kappa shape index (κ3) is 5.36. The van der Waals surface area contributed by atoms with Crippen molar-refractivity contribution in [3.8, 4) is 56.4 Å². The zero-order valence-corrected chi connectivity index (χ0v) is 36.4. The highest BCUT2D eigenvalue weighted by Gasteiger charge is 2.56. The highest BCUT2D eigenvalue weighted by atomic mass is 16.3. The van der Waals surface area contributed by atoms with E-state index in [0.717, 1.165) is 78.0 Å². The fourth-order valence-corrected chi connectivity index (χ4v) is 13.1. The van der Waals surface area contributed by atoms with Crippen molar-refractivity contribution in [1.29, 1.82) is 0 Å². The molecule has 5 heteroatoms. The van der Waals surface area contributed by atoms with E-state index in [1.54, 1.807) is 11.1 Å². The number of hydrogen-bond donors (Lipinski definition) is 0. The lowest BCUT2D eigenvalue weighted by atomic mass is 9.49. The van der Waals surface area contributed by atoms with Crippen LogP contribution in [0.3, 0.4) is 0 Å². The third-order valence-corrected chi connectivity index (χ3v) is 15.7. The van der Waals surface area contributed by atoms with E-state index in [9.17, 15) is 0 Å². The van der Waals surface area contributed by atoms with E-state index < -0.39 is 0 Å². The Labute approximate surface area is 376 Å². The van der Waals surface area contributed by atoms with Crippen LogP contribution < -0.4 is 0 Å². The molecule has 2 fully saturated rings. The smallest absolute Gasteiger partial charge is 0.167 e. The number of hydrogen-bond acceptors (Lipinski definition) is 5. The van der Waals surface area contributed by atoms with Crippen molar-refractivity contribution in [2.45, 2.75) is 44.9 Å². The molecule has 14 rings (SSSR count). The van der Waals surface area contributed by atoms with Crippen molar-refractivity contribution in [3.05, 3.63) is 175 Å². The van der Waals surface area contributed by atoms with Gasteiger partial charge in [-0.25, -0.2) is 15.0 Å². The SMILES string of the molecule is CC1CC2CC(C)C3(c4ccc(-c5ccc(-c6nc(-c7cccc8c7oc7ccccc78)nc(-c7cccc8c7oc7ccccc78)n6)cc5)cc4-c4c3ccc3ccccc43)C(C1)C2. The van der Waals surface area contributed by atoms with Crippen LogP contribution in [0.1, 0.15) is 50.7 Å². The second kappa shape index (κ2) is 13.8. The number of fused-ring (bicyclic) bond motifs is 16. The molecule has 2 saturated carbocycles. The van der Waals surface area contributed by atoms with E-state index in [4.69, 9.17) is 23.8 Å². The number of nitrogens with zero attached hydrogens (tertiary/aromatic N) is 3. The molecule has 0 N–H and O–H groups in total. The Morgan fingerprint density at radius 3 is 1.71 bits per heavy atom. The molecular formula is C60H45N3O2. The standard InChI is InChI=1S/C60H45N3O2/c1-34-29-36-31-35(2)60(41(30-34)32-36)50-27-26-40(33-49(50)54-42-12-4-3-11-38(42)25-28-51(54)60)37-21-23-39(24-22-37)57-61-58(47-17-9-15-45-43-13-5-7-19-52(43)64-55(45)47)63-59(62-57)48-18-10-16-46-44-14-6-8-20-53(44)65-56(46)48/h3-28,33-36,41H,29-32H2,1-2H3. The molecule has 3 aliphatic rings. The largest absolute Gasteiger partial charge is 0.455 e. The molecule has 5 atom stereocenters. The Balaban J connectivity index is 0.917. The molecule has 11 aromatic rings. The predicted molar refractivity (Wildman–Crippen MR) is 264 cm³/mol. The van der Waals surface area contributed by atoms with Gasteiger partial charge in [-0.1, -0.05) is 147 Å². The van der Waals surface area contributed by atoms with Gasteiger partial charge in [-0.3, -0.25) is 0 Å². The molecule has 0 amide bonds. The number of benzene rings is 8. The Bertz CT molecular complexity index is 3610. The van der Waals surface area contributed by atoms with E-state index in [-0.39, 0.29) is 5.41 Å². The van der Waals surface area contributed by atoms with Crippen LogP contribution in [-0.2, 0) is 5.41 Å². The van der Waals surface area contributed by atoms with E-state index in [2.05, 4.69) is 129 Å². The second-order valence-electron chi connectivity index (χ2n) is 19.3. The van der Waals surface area contributed by atoms with Crippen molar-refractivity contribution in [2.75, 3.05) is 0 Å². The summed E-state index contributed by atoms with van der Waals surface area (Å²) in [5.41, 5.74) is 14.1. The topological polar surface area (TPSA) is 65.0 Å². The minimum absolute atomic E-state index is 0.0375. The van der Waals surface area contributed by atoms with Crippen LogP contribution in [-0.4, -0.2) is 15.0 Å². The van der Waals surface area contributed by atoms with Crippen LogP contribution in [0.4, 0.5) is 0 Å². The lowest BCUT2D eigenvalue weighted by Crippen LogP contribution is -2.49. The first-order valence-electron chi connectivity index (χ1n) is 23.3. The summed E-state index contributed by atoms with van der Waals surface area (Å²) in [6.45, 7) is 5.05. The first-order valence-corrected chi connectivity index (χ1v) is 23.3. The molecule has 0 aliphatic heterocycles. The number of para-hydroxylation sites is 4. The molecule has 312 valence electrons. The lowest BCUT2D eigenvalue weighted by molar-refractivity contribution is 0.0426. The van der Waals surface area contributed by atoms with Crippen LogP contribution in [0.5, 0.6) is 0 Å². The van der Waals surface area contributed by atoms with E-state index in [0.29, 0.717) is 29.3 Å². The summed E-state index contributed by atoms with van der Waals surface area (Å²) in [5, 5.41) is 6.85. The van der Waals surface area contributed by atoms with Crippen molar-refractivity contribution in [3.63, 3.8) is 0 Å². The summed E-state index contributed by atoms with van der Waals surface area (Å²) in [6.07, 6.45) is 5.32. The third-order valence-electron chi connectivity index (χ3n) is 15.7. The minimum Gasteiger partial charge on any atom is -0.455 e. The second-order valence-corrected chi connectivity index (χ2v) is 19.3. The maximum Gasteiger partial charge on any atom is 0.167 e. The molecule has 0 saturated heterocycles. The normalized spacial score (nSPS) is 21.2. The molecule has 3 heterocycles. The highest BCUT2D eigenvalue weighted by Crippen LogP contribution is 2.65. The molecule has 2 bridgehead atoms. The van der Waals surface area contributed by atoms with E-state index in [1.807, 2.05) is 48.5 Å². The van der Waals surface area contributed by atoms with Gasteiger partial charge in [0.15, 0.2) is 17.5 Å². The Kier molecular flexibility index (Phi) is 7.87.